The Hall–Kier alpha value is -0.0800. The van der Waals surface area contributed by atoms with Gasteiger partial charge in [-0.3, -0.25) is 0 Å². The van der Waals surface area contributed by atoms with Gasteiger partial charge in [-0.2, -0.15) is 0 Å². The van der Waals surface area contributed by atoms with Crippen LogP contribution in [0.15, 0.2) is 0 Å². The van der Waals surface area contributed by atoms with Gasteiger partial charge in [0.25, 0.3) is 0 Å². The predicted octanol–water partition coefficient (Wildman–Crippen LogP) is 3.26. The summed E-state index contributed by atoms with van der Waals surface area (Å²) in [6, 6.07) is 0. The Labute approximate surface area is 111 Å². The summed E-state index contributed by atoms with van der Waals surface area (Å²) in [6.45, 7) is 2.23. The van der Waals surface area contributed by atoms with Gasteiger partial charge >= 0.3 is 0 Å². The number of hydrogen-bond acceptors (Lipinski definition) is 2. The molecule has 2 atom stereocenters. The SMILES string of the molecule is CCCCCCC1(O)C2CC3CC1CC(O)(C3)C2. The molecule has 4 aliphatic rings. The summed E-state index contributed by atoms with van der Waals surface area (Å²) in [4.78, 5) is 0. The van der Waals surface area contributed by atoms with Crippen LogP contribution in [-0.2, 0) is 0 Å². The lowest BCUT2D eigenvalue weighted by Gasteiger charge is -2.62. The van der Waals surface area contributed by atoms with E-state index in [1.807, 2.05) is 0 Å². The van der Waals surface area contributed by atoms with Crippen LogP contribution in [0.25, 0.3) is 0 Å². The van der Waals surface area contributed by atoms with Crippen molar-refractivity contribution in [3.05, 3.63) is 0 Å². The Kier molecular flexibility index (Phi) is 3.22. The summed E-state index contributed by atoms with van der Waals surface area (Å²) in [6.07, 6.45) is 11.0. The summed E-state index contributed by atoms with van der Waals surface area (Å²) in [5, 5.41) is 21.6. The number of hydrogen-bond donors (Lipinski definition) is 2. The van der Waals surface area contributed by atoms with E-state index in [1.165, 1.54) is 38.5 Å². The van der Waals surface area contributed by atoms with Crippen molar-refractivity contribution < 1.29 is 10.2 Å². The fraction of sp³-hybridized carbons (Fsp3) is 1.00. The van der Waals surface area contributed by atoms with Gasteiger partial charge in [-0.05, 0) is 56.3 Å². The molecule has 104 valence electrons. The van der Waals surface area contributed by atoms with Crippen LogP contribution in [0.2, 0.25) is 0 Å². The molecule has 18 heavy (non-hydrogen) atoms. The summed E-state index contributed by atoms with van der Waals surface area (Å²) >= 11 is 0. The van der Waals surface area contributed by atoms with Gasteiger partial charge in [0.2, 0.25) is 0 Å². The molecule has 0 radical (unpaired) electrons. The maximum atomic E-state index is 11.1. The molecule has 0 saturated heterocycles. The highest BCUT2D eigenvalue weighted by Crippen LogP contribution is 2.61. The molecule has 2 unspecified atom stereocenters. The highest BCUT2D eigenvalue weighted by molar-refractivity contribution is 5.12. The molecule has 4 bridgehead atoms. The molecule has 0 aromatic heterocycles. The molecule has 0 amide bonds. The van der Waals surface area contributed by atoms with Gasteiger partial charge in [0.05, 0.1) is 11.2 Å². The normalized spacial score (nSPS) is 49.8. The lowest BCUT2D eigenvalue weighted by Crippen LogP contribution is -2.63. The highest BCUT2D eigenvalue weighted by atomic mass is 16.3. The Balaban J connectivity index is 1.66. The number of aliphatic hydroxyl groups is 2. The van der Waals surface area contributed by atoms with E-state index in [0.29, 0.717) is 17.8 Å². The Bertz CT molecular complexity index is 296. The van der Waals surface area contributed by atoms with Crippen LogP contribution in [0.3, 0.4) is 0 Å². The van der Waals surface area contributed by atoms with E-state index >= 15 is 0 Å². The van der Waals surface area contributed by atoms with Gasteiger partial charge in [-0.25, -0.2) is 0 Å². The highest BCUT2D eigenvalue weighted by Gasteiger charge is 2.60. The first kappa shape index (κ1) is 12.9. The standard InChI is InChI=1S/C16H28O2/c1-2-3-4-5-6-16(18)13-7-12-8-14(16)11-15(17,9-12)10-13/h12-14,17-18H,2-11H2,1H3. The lowest BCUT2D eigenvalue weighted by molar-refractivity contribution is -0.229. The van der Waals surface area contributed by atoms with Gasteiger partial charge in [0, 0.05) is 0 Å². The molecular formula is C16H28O2. The molecule has 2 heteroatoms. The largest absolute Gasteiger partial charge is 0.390 e. The zero-order valence-electron chi connectivity index (χ0n) is 11.7. The average molecular weight is 252 g/mol. The molecule has 2 nitrogen and oxygen atoms in total. The van der Waals surface area contributed by atoms with E-state index in [4.69, 9.17) is 0 Å². The maximum Gasteiger partial charge on any atom is 0.0706 e. The zero-order valence-corrected chi connectivity index (χ0v) is 11.7. The van der Waals surface area contributed by atoms with Gasteiger partial charge < -0.3 is 10.2 Å². The number of rotatable bonds is 5. The first-order valence-corrected chi connectivity index (χ1v) is 8.00. The molecule has 4 saturated carbocycles. The summed E-state index contributed by atoms with van der Waals surface area (Å²) in [7, 11) is 0. The van der Waals surface area contributed by atoms with Gasteiger partial charge in [-0.15, -0.1) is 0 Å². The third-order valence-corrected chi connectivity index (χ3v) is 6.00. The van der Waals surface area contributed by atoms with Crippen LogP contribution in [0.1, 0.15) is 71.1 Å². The molecule has 2 N–H and O–H groups in total. The molecule has 4 rings (SSSR count). The van der Waals surface area contributed by atoms with Crippen molar-refractivity contribution >= 4 is 0 Å². The quantitative estimate of drug-likeness (QED) is 0.737. The second kappa shape index (κ2) is 4.49. The molecule has 0 aliphatic heterocycles. The summed E-state index contributed by atoms with van der Waals surface area (Å²) in [5.74, 6) is 1.47. The first-order chi connectivity index (χ1) is 8.56. The molecule has 0 aromatic rings. The monoisotopic (exact) mass is 252 g/mol. The van der Waals surface area contributed by atoms with Crippen molar-refractivity contribution in [3.8, 4) is 0 Å². The van der Waals surface area contributed by atoms with Crippen molar-refractivity contribution in [2.24, 2.45) is 17.8 Å². The van der Waals surface area contributed by atoms with E-state index in [-0.39, 0.29) is 0 Å². The third-order valence-electron chi connectivity index (χ3n) is 6.00. The van der Waals surface area contributed by atoms with Crippen molar-refractivity contribution in [1.82, 2.24) is 0 Å². The molecule has 4 fully saturated rings. The van der Waals surface area contributed by atoms with Gasteiger partial charge in [-0.1, -0.05) is 32.6 Å². The average Bonchev–Trinajstić information content (AvgIpc) is 2.30. The minimum Gasteiger partial charge on any atom is -0.390 e. The molecule has 0 aromatic carbocycles. The lowest BCUT2D eigenvalue weighted by atomic mass is 9.47. The topological polar surface area (TPSA) is 40.5 Å². The molecule has 0 heterocycles. The second-order valence-electron chi connectivity index (χ2n) is 7.37. The Morgan fingerprint density at radius 3 is 2.17 bits per heavy atom. The minimum atomic E-state index is -0.434. The van der Waals surface area contributed by atoms with Crippen molar-refractivity contribution in [2.75, 3.05) is 0 Å². The number of unbranched alkanes of at least 4 members (excludes halogenated alkanes) is 3. The van der Waals surface area contributed by atoms with Crippen LogP contribution in [0.5, 0.6) is 0 Å². The van der Waals surface area contributed by atoms with Crippen LogP contribution in [0, 0.1) is 17.8 Å². The van der Waals surface area contributed by atoms with E-state index in [1.54, 1.807) is 0 Å². The van der Waals surface area contributed by atoms with E-state index in [9.17, 15) is 10.2 Å². The van der Waals surface area contributed by atoms with Crippen LogP contribution < -0.4 is 0 Å². The van der Waals surface area contributed by atoms with E-state index in [2.05, 4.69) is 6.92 Å². The van der Waals surface area contributed by atoms with E-state index < -0.39 is 11.2 Å². The molecular weight excluding hydrogens is 224 g/mol. The van der Waals surface area contributed by atoms with Crippen LogP contribution in [-0.4, -0.2) is 21.4 Å². The fourth-order valence-corrected chi connectivity index (χ4v) is 5.28. The zero-order chi connectivity index (χ0) is 12.8. The minimum absolute atomic E-state index is 0.385. The Morgan fingerprint density at radius 2 is 1.61 bits per heavy atom. The Morgan fingerprint density at radius 1 is 0.944 bits per heavy atom. The second-order valence-corrected chi connectivity index (χ2v) is 7.37. The van der Waals surface area contributed by atoms with Gasteiger partial charge in [0.15, 0.2) is 0 Å². The van der Waals surface area contributed by atoms with E-state index in [0.717, 1.165) is 25.7 Å². The molecule has 4 aliphatic carbocycles. The van der Waals surface area contributed by atoms with Crippen LogP contribution >= 0.6 is 0 Å². The first-order valence-electron chi connectivity index (χ1n) is 8.00. The summed E-state index contributed by atoms with van der Waals surface area (Å²) < 4.78 is 0. The van der Waals surface area contributed by atoms with Gasteiger partial charge in [0.1, 0.15) is 0 Å². The maximum absolute atomic E-state index is 11.1. The van der Waals surface area contributed by atoms with Crippen molar-refractivity contribution in [3.63, 3.8) is 0 Å². The van der Waals surface area contributed by atoms with Crippen molar-refractivity contribution in [2.45, 2.75) is 82.3 Å². The summed E-state index contributed by atoms with van der Waals surface area (Å²) in [5.41, 5.74) is -0.844. The van der Waals surface area contributed by atoms with Crippen molar-refractivity contribution in [1.29, 1.82) is 0 Å². The molecule has 0 spiro atoms. The predicted molar refractivity (Wildman–Crippen MR) is 72.2 cm³/mol. The fourth-order valence-electron chi connectivity index (χ4n) is 5.28. The van der Waals surface area contributed by atoms with Crippen LogP contribution in [0.4, 0.5) is 0 Å². The smallest absolute Gasteiger partial charge is 0.0706 e. The third kappa shape index (κ3) is 2.02.